The van der Waals surface area contributed by atoms with E-state index in [4.69, 9.17) is 0 Å². The Labute approximate surface area is 102 Å². The Balaban J connectivity index is 2.33. The zero-order valence-electron chi connectivity index (χ0n) is 10.6. The lowest BCUT2D eigenvalue weighted by Crippen LogP contribution is -2.58. The summed E-state index contributed by atoms with van der Waals surface area (Å²) in [5.41, 5.74) is 1.26. The minimum Gasteiger partial charge on any atom is -0.314 e. The molecule has 0 unspecified atom stereocenters. The molecule has 1 aliphatic heterocycles. The lowest BCUT2D eigenvalue weighted by atomic mass is 10.2. The molecule has 0 amide bonds. The second-order valence-corrected chi connectivity index (χ2v) is 6.31. The number of nitrogens with one attached hydrogen (secondary N) is 1. The Hall–Kier alpha value is -0.920. The summed E-state index contributed by atoms with van der Waals surface area (Å²) < 4.78 is 27.9. The molecule has 2 rings (SSSR count). The van der Waals surface area contributed by atoms with Crippen molar-refractivity contribution >= 4 is 10.0 Å². The van der Waals surface area contributed by atoms with Crippen LogP contribution in [0.15, 0.2) is 4.90 Å². The summed E-state index contributed by atoms with van der Waals surface area (Å²) in [6, 6.07) is 0.266. The van der Waals surface area contributed by atoms with Crippen molar-refractivity contribution in [3.05, 3.63) is 11.4 Å². The minimum atomic E-state index is -3.38. The van der Waals surface area contributed by atoms with Crippen LogP contribution < -0.4 is 5.32 Å². The van der Waals surface area contributed by atoms with Gasteiger partial charge in [0.05, 0.1) is 11.4 Å². The zero-order chi connectivity index (χ0) is 12.8. The number of rotatable bonds is 3. The fraction of sp³-hybridized carbons (Fsp3) is 0.700. The average Bonchev–Trinajstić information content (AvgIpc) is 2.38. The van der Waals surface area contributed by atoms with Crippen molar-refractivity contribution in [1.82, 2.24) is 19.4 Å². The van der Waals surface area contributed by atoms with Crippen LogP contribution in [0.5, 0.6) is 0 Å². The molecule has 1 fully saturated rings. The zero-order valence-corrected chi connectivity index (χ0v) is 11.4. The molecule has 0 radical (unpaired) electrons. The highest BCUT2D eigenvalue weighted by Gasteiger charge is 2.38. The van der Waals surface area contributed by atoms with E-state index in [0.29, 0.717) is 29.4 Å². The Morgan fingerprint density at radius 1 is 1.35 bits per heavy atom. The smallest absolute Gasteiger partial charge is 0.246 e. The van der Waals surface area contributed by atoms with E-state index in [1.54, 1.807) is 25.6 Å². The first-order valence-electron chi connectivity index (χ1n) is 5.55. The molecule has 0 bridgehead atoms. The van der Waals surface area contributed by atoms with Crippen LogP contribution in [-0.4, -0.2) is 48.7 Å². The molecule has 17 heavy (non-hydrogen) atoms. The number of hydrogen-bond acceptors (Lipinski definition) is 4. The maximum Gasteiger partial charge on any atom is 0.246 e. The van der Waals surface area contributed by atoms with E-state index in [2.05, 4.69) is 10.4 Å². The predicted molar refractivity (Wildman–Crippen MR) is 64.3 cm³/mol. The van der Waals surface area contributed by atoms with Crippen molar-refractivity contribution in [2.75, 3.05) is 20.1 Å². The van der Waals surface area contributed by atoms with Gasteiger partial charge in [0.25, 0.3) is 0 Å². The van der Waals surface area contributed by atoms with Gasteiger partial charge in [-0.05, 0) is 20.9 Å². The molecule has 1 aliphatic rings. The molecular formula is C10H18N4O2S. The Bertz CT molecular complexity index is 529. The number of sulfonamides is 1. The van der Waals surface area contributed by atoms with E-state index in [-0.39, 0.29) is 6.04 Å². The van der Waals surface area contributed by atoms with Crippen molar-refractivity contribution < 1.29 is 8.42 Å². The monoisotopic (exact) mass is 258 g/mol. The number of aryl methyl sites for hydroxylation is 2. The van der Waals surface area contributed by atoms with Crippen LogP contribution in [0.4, 0.5) is 0 Å². The summed E-state index contributed by atoms with van der Waals surface area (Å²) in [5, 5.41) is 7.21. The van der Waals surface area contributed by atoms with Gasteiger partial charge in [-0.25, -0.2) is 8.42 Å². The summed E-state index contributed by atoms with van der Waals surface area (Å²) in [5.74, 6) is 0. The van der Waals surface area contributed by atoms with Gasteiger partial charge < -0.3 is 5.32 Å². The maximum atomic E-state index is 12.4. The Kier molecular flexibility index (Phi) is 3.01. The molecule has 0 aromatic carbocycles. The number of aromatic nitrogens is 2. The van der Waals surface area contributed by atoms with Crippen LogP contribution in [-0.2, 0) is 17.1 Å². The second-order valence-electron chi connectivity index (χ2n) is 4.43. The van der Waals surface area contributed by atoms with Gasteiger partial charge in [-0.1, -0.05) is 0 Å². The van der Waals surface area contributed by atoms with Gasteiger partial charge in [0.1, 0.15) is 4.90 Å². The summed E-state index contributed by atoms with van der Waals surface area (Å²) in [6.45, 7) is 4.58. The van der Waals surface area contributed by atoms with Crippen molar-refractivity contribution in [2.24, 2.45) is 7.05 Å². The molecular weight excluding hydrogens is 240 g/mol. The van der Waals surface area contributed by atoms with Gasteiger partial charge in [-0.15, -0.1) is 0 Å². The number of nitrogens with zero attached hydrogens (tertiary/aromatic N) is 3. The fourth-order valence-electron chi connectivity index (χ4n) is 2.07. The highest BCUT2D eigenvalue weighted by atomic mass is 32.2. The third kappa shape index (κ3) is 1.88. The molecule has 0 spiro atoms. The van der Waals surface area contributed by atoms with Gasteiger partial charge in [-0.3, -0.25) is 4.68 Å². The topological polar surface area (TPSA) is 67.2 Å². The third-order valence-electron chi connectivity index (χ3n) is 3.30. The quantitative estimate of drug-likeness (QED) is 0.803. The first-order valence-corrected chi connectivity index (χ1v) is 6.99. The van der Waals surface area contributed by atoms with Crippen molar-refractivity contribution in [3.8, 4) is 0 Å². The van der Waals surface area contributed by atoms with E-state index in [1.807, 2.05) is 7.05 Å². The summed E-state index contributed by atoms with van der Waals surface area (Å²) >= 11 is 0. The first-order chi connectivity index (χ1) is 7.87. The van der Waals surface area contributed by atoms with E-state index in [0.717, 1.165) is 0 Å². The fourth-order valence-corrected chi connectivity index (χ4v) is 4.00. The summed E-state index contributed by atoms with van der Waals surface area (Å²) in [4.78, 5) is 0.356. The molecule has 6 nitrogen and oxygen atoms in total. The van der Waals surface area contributed by atoms with Crippen LogP contribution in [0.3, 0.4) is 0 Å². The van der Waals surface area contributed by atoms with Crippen molar-refractivity contribution in [2.45, 2.75) is 24.8 Å². The molecule has 1 N–H and O–H groups in total. The molecule has 96 valence electrons. The van der Waals surface area contributed by atoms with Crippen LogP contribution in [0, 0.1) is 13.8 Å². The molecule has 2 heterocycles. The van der Waals surface area contributed by atoms with Crippen LogP contribution in [0.1, 0.15) is 11.4 Å². The lowest BCUT2D eigenvalue weighted by molar-refractivity contribution is 0.236. The van der Waals surface area contributed by atoms with Gasteiger partial charge in [0.15, 0.2) is 0 Å². The van der Waals surface area contributed by atoms with Gasteiger partial charge in [0.2, 0.25) is 10.0 Å². The van der Waals surface area contributed by atoms with Crippen LogP contribution in [0.25, 0.3) is 0 Å². The van der Waals surface area contributed by atoms with Crippen LogP contribution in [0.2, 0.25) is 0 Å². The molecule has 0 saturated carbocycles. The molecule has 7 heteroatoms. The normalized spacial score (nSPS) is 18.4. The van der Waals surface area contributed by atoms with Crippen molar-refractivity contribution in [3.63, 3.8) is 0 Å². The van der Waals surface area contributed by atoms with E-state index in [1.165, 1.54) is 4.31 Å². The van der Waals surface area contributed by atoms with Crippen molar-refractivity contribution in [1.29, 1.82) is 0 Å². The first kappa shape index (κ1) is 12.5. The predicted octanol–water partition coefficient (Wildman–Crippen LogP) is -0.371. The molecule has 0 atom stereocenters. The Morgan fingerprint density at radius 2 is 1.94 bits per heavy atom. The number of likely N-dealkylation sites (N-methyl/N-ethyl adjacent to an activating group) is 1. The highest BCUT2D eigenvalue weighted by molar-refractivity contribution is 7.89. The van der Waals surface area contributed by atoms with Gasteiger partial charge in [0, 0.05) is 26.2 Å². The summed E-state index contributed by atoms with van der Waals surface area (Å²) in [7, 11) is 0.224. The van der Waals surface area contributed by atoms with E-state index >= 15 is 0 Å². The SMILES string of the molecule is CNC1CN(S(=O)(=O)c2c(C)nn(C)c2C)C1. The van der Waals surface area contributed by atoms with E-state index < -0.39 is 10.0 Å². The highest BCUT2D eigenvalue weighted by Crippen LogP contribution is 2.26. The second kappa shape index (κ2) is 4.08. The van der Waals surface area contributed by atoms with E-state index in [9.17, 15) is 8.42 Å². The van der Waals surface area contributed by atoms with Gasteiger partial charge in [-0.2, -0.15) is 9.40 Å². The molecule has 1 aromatic heterocycles. The molecule has 0 aliphatic carbocycles. The van der Waals surface area contributed by atoms with Crippen LogP contribution >= 0.6 is 0 Å². The molecule has 1 aromatic rings. The maximum absolute atomic E-state index is 12.4. The number of hydrogen-bond donors (Lipinski definition) is 1. The summed E-state index contributed by atoms with van der Waals surface area (Å²) in [6.07, 6.45) is 0. The van der Waals surface area contributed by atoms with Gasteiger partial charge >= 0.3 is 0 Å². The standard InChI is InChI=1S/C10H18N4O2S/c1-7-10(8(2)13(4)12-7)17(15,16)14-5-9(6-14)11-3/h9,11H,5-6H2,1-4H3. The Morgan fingerprint density at radius 3 is 2.35 bits per heavy atom. The third-order valence-corrected chi connectivity index (χ3v) is 5.38. The minimum absolute atomic E-state index is 0.266. The lowest BCUT2D eigenvalue weighted by Gasteiger charge is -2.37. The molecule has 1 saturated heterocycles. The largest absolute Gasteiger partial charge is 0.314 e. The average molecular weight is 258 g/mol.